The quantitative estimate of drug-likeness (QED) is 0.351. The molecule has 1 aromatic rings. The SMILES string of the molecule is C=Cc1cccc(C(C(=O)NCCCC)N(CCO)C(=O)C(CO)NC(=O)OC(C)(C)C)c1. The van der Waals surface area contributed by atoms with Crippen LogP contribution in [0.1, 0.15) is 57.7 Å². The molecular formula is C24H37N3O6. The fraction of sp³-hybridized carbons (Fsp3) is 0.542. The van der Waals surface area contributed by atoms with E-state index < -0.39 is 48.8 Å². The van der Waals surface area contributed by atoms with Crippen molar-refractivity contribution < 1.29 is 29.3 Å². The second-order valence-corrected chi connectivity index (χ2v) is 8.56. The lowest BCUT2D eigenvalue weighted by atomic mass is 10.0. The van der Waals surface area contributed by atoms with Crippen molar-refractivity contribution in [2.75, 3.05) is 26.3 Å². The molecule has 0 aliphatic heterocycles. The van der Waals surface area contributed by atoms with Crippen LogP contribution in [-0.2, 0) is 14.3 Å². The molecule has 184 valence electrons. The van der Waals surface area contributed by atoms with E-state index >= 15 is 0 Å². The largest absolute Gasteiger partial charge is 0.444 e. The average molecular weight is 464 g/mol. The number of hydrogen-bond donors (Lipinski definition) is 4. The highest BCUT2D eigenvalue weighted by atomic mass is 16.6. The van der Waals surface area contributed by atoms with Gasteiger partial charge in [-0.2, -0.15) is 0 Å². The van der Waals surface area contributed by atoms with Crippen molar-refractivity contribution in [3.63, 3.8) is 0 Å². The molecule has 0 radical (unpaired) electrons. The minimum absolute atomic E-state index is 0.185. The number of nitrogens with one attached hydrogen (secondary N) is 2. The number of ether oxygens (including phenoxy) is 1. The highest BCUT2D eigenvalue weighted by molar-refractivity contribution is 5.92. The maximum absolute atomic E-state index is 13.4. The third-order valence-corrected chi connectivity index (χ3v) is 4.65. The van der Waals surface area contributed by atoms with Crippen LogP contribution in [0.5, 0.6) is 0 Å². The van der Waals surface area contributed by atoms with Crippen molar-refractivity contribution in [2.45, 2.75) is 58.2 Å². The van der Waals surface area contributed by atoms with Crippen LogP contribution >= 0.6 is 0 Å². The molecular weight excluding hydrogens is 426 g/mol. The summed E-state index contributed by atoms with van der Waals surface area (Å²) in [6.07, 6.45) is 2.38. The monoisotopic (exact) mass is 463 g/mol. The topological polar surface area (TPSA) is 128 Å². The molecule has 0 bridgehead atoms. The van der Waals surface area contributed by atoms with Gasteiger partial charge in [0, 0.05) is 13.1 Å². The second-order valence-electron chi connectivity index (χ2n) is 8.56. The number of carbonyl (C=O) groups excluding carboxylic acids is 3. The van der Waals surface area contributed by atoms with Gasteiger partial charge in [0.05, 0.1) is 13.2 Å². The molecule has 0 aromatic heterocycles. The van der Waals surface area contributed by atoms with Crippen LogP contribution in [-0.4, -0.2) is 71.0 Å². The van der Waals surface area contributed by atoms with Crippen LogP contribution in [0.2, 0.25) is 0 Å². The molecule has 0 saturated heterocycles. The molecule has 0 saturated carbocycles. The van der Waals surface area contributed by atoms with E-state index in [-0.39, 0.29) is 6.54 Å². The van der Waals surface area contributed by atoms with E-state index in [2.05, 4.69) is 17.2 Å². The number of rotatable bonds is 12. The number of hydrogen-bond acceptors (Lipinski definition) is 6. The number of carbonyl (C=O) groups is 3. The Morgan fingerprint density at radius 1 is 1.24 bits per heavy atom. The van der Waals surface area contributed by atoms with E-state index in [9.17, 15) is 24.6 Å². The molecule has 1 rings (SSSR count). The number of nitrogens with zero attached hydrogens (tertiary/aromatic N) is 1. The van der Waals surface area contributed by atoms with Crippen LogP contribution in [0.4, 0.5) is 4.79 Å². The second kappa shape index (κ2) is 13.6. The van der Waals surface area contributed by atoms with Crippen LogP contribution in [0.25, 0.3) is 6.08 Å². The Kier molecular flexibility index (Phi) is 11.6. The number of alkyl carbamates (subject to hydrolysis) is 1. The molecule has 0 aliphatic carbocycles. The summed E-state index contributed by atoms with van der Waals surface area (Å²) in [7, 11) is 0. The van der Waals surface area contributed by atoms with E-state index in [4.69, 9.17) is 4.74 Å². The predicted octanol–water partition coefficient (Wildman–Crippen LogP) is 1.99. The van der Waals surface area contributed by atoms with Crippen LogP contribution in [0, 0.1) is 0 Å². The highest BCUT2D eigenvalue weighted by Crippen LogP contribution is 2.24. The Hall–Kier alpha value is -2.91. The van der Waals surface area contributed by atoms with Crippen LogP contribution in [0.15, 0.2) is 30.8 Å². The van der Waals surface area contributed by atoms with Crippen LogP contribution in [0.3, 0.4) is 0 Å². The van der Waals surface area contributed by atoms with Crippen molar-refractivity contribution in [2.24, 2.45) is 0 Å². The van der Waals surface area contributed by atoms with Crippen LogP contribution < -0.4 is 10.6 Å². The Balaban J connectivity index is 3.31. The van der Waals surface area contributed by atoms with Gasteiger partial charge in [0.25, 0.3) is 0 Å². The zero-order valence-corrected chi connectivity index (χ0v) is 20.0. The summed E-state index contributed by atoms with van der Waals surface area (Å²) in [5, 5.41) is 24.6. The first-order chi connectivity index (χ1) is 15.6. The number of unbranched alkanes of at least 4 members (excludes halogenated alkanes) is 1. The Morgan fingerprint density at radius 2 is 1.94 bits per heavy atom. The first-order valence-corrected chi connectivity index (χ1v) is 11.1. The Morgan fingerprint density at radius 3 is 2.48 bits per heavy atom. The number of aliphatic hydroxyl groups is 2. The van der Waals surface area contributed by atoms with Gasteiger partial charge in [0.1, 0.15) is 17.7 Å². The van der Waals surface area contributed by atoms with Gasteiger partial charge in [-0.3, -0.25) is 9.59 Å². The summed E-state index contributed by atoms with van der Waals surface area (Å²) in [5.74, 6) is -1.16. The van der Waals surface area contributed by atoms with Gasteiger partial charge in [-0.25, -0.2) is 4.79 Å². The van der Waals surface area contributed by atoms with Gasteiger partial charge in [-0.05, 0) is 44.4 Å². The first kappa shape index (κ1) is 28.1. The minimum Gasteiger partial charge on any atom is -0.444 e. The molecule has 33 heavy (non-hydrogen) atoms. The minimum atomic E-state index is -1.36. The predicted molar refractivity (Wildman–Crippen MR) is 126 cm³/mol. The molecule has 0 spiro atoms. The zero-order chi connectivity index (χ0) is 25.0. The van der Waals surface area contributed by atoms with Crippen molar-refractivity contribution in [1.29, 1.82) is 0 Å². The summed E-state index contributed by atoms with van der Waals surface area (Å²) in [6, 6.07) is 4.52. The van der Waals surface area contributed by atoms with Gasteiger partial charge < -0.3 is 30.5 Å². The zero-order valence-electron chi connectivity index (χ0n) is 20.0. The maximum atomic E-state index is 13.4. The van der Waals surface area contributed by atoms with Crippen molar-refractivity contribution in [1.82, 2.24) is 15.5 Å². The summed E-state index contributed by atoms with van der Waals surface area (Å²) in [4.78, 5) is 39.9. The lowest BCUT2D eigenvalue weighted by molar-refractivity contribution is -0.143. The molecule has 1 aromatic carbocycles. The Bertz CT molecular complexity index is 806. The van der Waals surface area contributed by atoms with Crippen molar-refractivity contribution in [3.8, 4) is 0 Å². The van der Waals surface area contributed by atoms with Gasteiger partial charge in [0.2, 0.25) is 11.8 Å². The molecule has 0 aliphatic rings. The highest BCUT2D eigenvalue weighted by Gasteiger charge is 2.35. The van der Waals surface area contributed by atoms with E-state index in [0.717, 1.165) is 23.3 Å². The molecule has 9 heteroatoms. The molecule has 2 unspecified atom stereocenters. The van der Waals surface area contributed by atoms with Crippen molar-refractivity contribution >= 4 is 24.0 Å². The van der Waals surface area contributed by atoms with Gasteiger partial charge in [-0.1, -0.05) is 44.2 Å². The van der Waals surface area contributed by atoms with Gasteiger partial charge in [0.15, 0.2) is 0 Å². The van der Waals surface area contributed by atoms with E-state index in [1.807, 2.05) is 6.92 Å². The number of aliphatic hydroxyl groups excluding tert-OH is 2. The molecule has 9 nitrogen and oxygen atoms in total. The fourth-order valence-electron chi connectivity index (χ4n) is 3.12. The summed E-state index contributed by atoms with van der Waals surface area (Å²) < 4.78 is 5.18. The standard InChI is InChI=1S/C24H37N3O6/c1-6-8-12-25-21(30)20(18-11-9-10-17(7-2)15-18)27(13-14-28)22(31)19(16-29)26-23(32)33-24(3,4)5/h7,9-11,15,19-20,28-29H,2,6,8,12-14,16H2,1,3-5H3,(H,25,30)(H,26,32). The average Bonchev–Trinajstić information content (AvgIpc) is 2.75. The number of amides is 3. The lowest BCUT2D eigenvalue weighted by Crippen LogP contribution is -2.55. The smallest absolute Gasteiger partial charge is 0.408 e. The van der Waals surface area contributed by atoms with E-state index in [0.29, 0.717) is 12.1 Å². The normalized spacial score (nSPS) is 12.9. The molecule has 0 heterocycles. The van der Waals surface area contributed by atoms with E-state index in [1.165, 1.54) is 0 Å². The summed E-state index contributed by atoms with van der Waals surface area (Å²) >= 11 is 0. The maximum Gasteiger partial charge on any atom is 0.408 e. The fourth-order valence-corrected chi connectivity index (χ4v) is 3.12. The molecule has 3 amide bonds. The first-order valence-electron chi connectivity index (χ1n) is 11.1. The molecule has 0 fully saturated rings. The third kappa shape index (κ3) is 9.23. The Labute approximate surface area is 195 Å². The van der Waals surface area contributed by atoms with Crippen molar-refractivity contribution in [3.05, 3.63) is 42.0 Å². The number of benzene rings is 1. The third-order valence-electron chi connectivity index (χ3n) is 4.65. The lowest BCUT2D eigenvalue weighted by Gasteiger charge is -2.33. The van der Waals surface area contributed by atoms with Gasteiger partial charge >= 0.3 is 6.09 Å². The summed E-state index contributed by atoms with van der Waals surface area (Å²) in [5.41, 5.74) is 0.461. The van der Waals surface area contributed by atoms with E-state index in [1.54, 1.807) is 51.1 Å². The molecule has 2 atom stereocenters. The van der Waals surface area contributed by atoms with Gasteiger partial charge in [-0.15, -0.1) is 0 Å². The summed E-state index contributed by atoms with van der Waals surface area (Å²) in [6.45, 7) is 9.85. The molecule has 4 N–H and O–H groups in total.